The number of hydrogen-bond donors (Lipinski definition) is 1. The maximum atomic E-state index is 13.8. The van der Waals surface area contributed by atoms with E-state index in [9.17, 15) is 13.6 Å². The van der Waals surface area contributed by atoms with Gasteiger partial charge in [0.05, 0.1) is 11.4 Å². The van der Waals surface area contributed by atoms with Crippen LogP contribution in [0, 0.1) is 25.5 Å². The number of rotatable bonds is 6. The van der Waals surface area contributed by atoms with Gasteiger partial charge >= 0.3 is 0 Å². The van der Waals surface area contributed by atoms with E-state index in [1.54, 1.807) is 12.4 Å². The molecule has 0 aliphatic carbocycles. The van der Waals surface area contributed by atoms with Crippen molar-refractivity contribution in [3.63, 3.8) is 0 Å². The van der Waals surface area contributed by atoms with Crippen molar-refractivity contribution in [2.75, 3.05) is 47.0 Å². The summed E-state index contributed by atoms with van der Waals surface area (Å²) in [7, 11) is 0. The van der Waals surface area contributed by atoms with Crippen molar-refractivity contribution in [3.8, 4) is 0 Å². The van der Waals surface area contributed by atoms with Crippen LogP contribution in [0.25, 0.3) is 0 Å². The molecule has 4 rings (SSSR count). The first kappa shape index (κ1) is 23.0. The summed E-state index contributed by atoms with van der Waals surface area (Å²) in [6, 6.07) is 9.31. The van der Waals surface area contributed by atoms with Gasteiger partial charge in [0.25, 0.3) is 0 Å². The quantitative estimate of drug-likeness (QED) is 0.539. The Balaban J connectivity index is 1.38. The highest BCUT2D eigenvalue weighted by molar-refractivity contribution is 8.00. The zero-order chi connectivity index (χ0) is 23.4. The number of hydrogen-bond acceptors (Lipinski definition) is 6. The lowest BCUT2D eigenvalue weighted by Gasteiger charge is -2.37. The molecule has 0 unspecified atom stereocenters. The molecule has 33 heavy (non-hydrogen) atoms. The largest absolute Gasteiger partial charge is 0.368 e. The summed E-state index contributed by atoms with van der Waals surface area (Å²) in [6.45, 7) is 7.53. The molecule has 6 nitrogen and oxygen atoms in total. The lowest BCUT2D eigenvalue weighted by Crippen LogP contribution is -2.47. The minimum absolute atomic E-state index is 0.00407. The van der Waals surface area contributed by atoms with Gasteiger partial charge in [-0.25, -0.2) is 18.7 Å². The maximum absolute atomic E-state index is 13.8. The van der Waals surface area contributed by atoms with Gasteiger partial charge in [-0.05, 0) is 43.2 Å². The molecule has 9 heteroatoms. The third kappa shape index (κ3) is 5.42. The topological polar surface area (TPSA) is 61.4 Å². The standard InChI is InChI=1S/C24H25F2N5OS/c1-16-4-3-5-21(17(16)2)30-10-12-31(13-11-30)23-24(28-9-8-27-23)33-15-22(32)29-20-14-18(25)6-7-19(20)26/h3-9,14H,10-13,15H2,1-2H3,(H,29,32). The van der Waals surface area contributed by atoms with Crippen molar-refractivity contribution in [2.45, 2.75) is 18.9 Å². The Morgan fingerprint density at radius 3 is 2.55 bits per heavy atom. The van der Waals surface area contributed by atoms with Crippen LogP contribution in [0.4, 0.5) is 26.0 Å². The van der Waals surface area contributed by atoms with Gasteiger partial charge in [0.1, 0.15) is 16.7 Å². The Hall–Kier alpha value is -3.20. The Bertz CT molecular complexity index is 1150. The van der Waals surface area contributed by atoms with Crippen LogP contribution in [0.2, 0.25) is 0 Å². The van der Waals surface area contributed by atoms with E-state index in [0.717, 1.165) is 50.2 Å². The number of carbonyl (C=O) groups excluding carboxylic acids is 1. The average Bonchev–Trinajstić information content (AvgIpc) is 2.82. The predicted octanol–water partition coefficient (Wildman–Crippen LogP) is 4.43. The van der Waals surface area contributed by atoms with Gasteiger partial charge in [0, 0.05) is 50.3 Å². The highest BCUT2D eigenvalue weighted by atomic mass is 32.2. The second kappa shape index (κ2) is 10.2. The second-order valence-corrected chi connectivity index (χ2v) is 8.80. The Morgan fingerprint density at radius 2 is 1.76 bits per heavy atom. The van der Waals surface area contributed by atoms with Crippen LogP contribution in [0.3, 0.4) is 0 Å². The van der Waals surface area contributed by atoms with Crippen molar-refractivity contribution in [1.29, 1.82) is 0 Å². The molecule has 1 aliphatic rings. The first-order valence-electron chi connectivity index (χ1n) is 10.7. The number of thioether (sulfide) groups is 1. The number of aromatic nitrogens is 2. The van der Waals surface area contributed by atoms with Gasteiger partial charge < -0.3 is 15.1 Å². The Kier molecular flexibility index (Phi) is 7.08. The number of benzene rings is 2. The van der Waals surface area contributed by atoms with Crippen LogP contribution in [0.5, 0.6) is 0 Å². The fourth-order valence-electron chi connectivity index (χ4n) is 3.79. The molecule has 1 fully saturated rings. The third-order valence-electron chi connectivity index (χ3n) is 5.68. The van der Waals surface area contributed by atoms with E-state index in [1.807, 2.05) is 0 Å². The van der Waals surface area contributed by atoms with E-state index >= 15 is 0 Å². The van der Waals surface area contributed by atoms with E-state index in [-0.39, 0.29) is 11.4 Å². The molecule has 3 aromatic rings. The first-order valence-corrected chi connectivity index (χ1v) is 11.7. The number of aryl methyl sites for hydroxylation is 1. The van der Waals surface area contributed by atoms with Crippen molar-refractivity contribution in [1.82, 2.24) is 9.97 Å². The lowest BCUT2D eigenvalue weighted by atomic mass is 10.1. The van der Waals surface area contributed by atoms with Gasteiger partial charge in [0.15, 0.2) is 5.82 Å². The molecular weight excluding hydrogens is 444 g/mol. The molecule has 1 amide bonds. The van der Waals surface area contributed by atoms with E-state index in [4.69, 9.17) is 0 Å². The van der Waals surface area contributed by atoms with E-state index < -0.39 is 17.5 Å². The molecule has 2 aromatic carbocycles. The lowest BCUT2D eigenvalue weighted by molar-refractivity contribution is -0.113. The molecule has 1 aliphatic heterocycles. The van der Waals surface area contributed by atoms with E-state index in [0.29, 0.717) is 5.03 Å². The highest BCUT2D eigenvalue weighted by Crippen LogP contribution is 2.29. The summed E-state index contributed by atoms with van der Waals surface area (Å²) < 4.78 is 27.1. The van der Waals surface area contributed by atoms with Crippen LogP contribution in [-0.4, -0.2) is 47.8 Å². The summed E-state index contributed by atoms with van der Waals surface area (Å²) in [6.07, 6.45) is 3.22. The van der Waals surface area contributed by atoms with E-state index in [1.165, 1.54) is 28.6 Å². The molecular formula is C24H25F2N5OS. The van der Waals surface area contributed by atoms with Gasteiger partial charge in [-0.3, -0.25) is 4.79 Å². The molecule has 172 valence electrons. The molecule has 1 saturated heterocycles. The molecule has 2 heterocycles. The van der Waals surface area contributed by atoms with Crippen LogP contribution in [-0.2, 0) is 4.79 Å². The van der Waals surface area contributed by atoms with Crippen LogP contribution >= 0.6 is 11.8 Å². The fraction of sp³-hybridized carbons (Fsp3) is 0.292. The molecule has 0 bridgehead atoms. The number of anilines is 3. The normalized spacial score (nSPS) is 13.8. The first-order chi connectivity index (χ1) is 15.9. The maximum Gasteiger partial charge on any atom is 0.234 e. The van der Waals surface area contributed by atoms with Crippen molar-refractivity contribution in [2.24, 2.45) is 0 Å². The third-order valence-corrected chi connectivity index (χ3v) is 6.65. The molecule has 1 N–H and O–H groups in total. The van der Waals surface area contributed by atoms with Gasteiger partial charge in [0.2, 0.25) is 5.91 Å². The minimum Gasteiger partial charge on any atom is -0.368 e. The van der Waals surface area contributed by atoms with Crippen molar-refractivity contribution >= 4 is 34.9 Å². The van der Waals surface area contributed by atoms with Crippen LogP contribution in [0.1, 0.15) is 11.1 Å². The summed E-state index contributed by atoms with van der Waals surface area (Å²) >= 11 is 1.22. The fourth-order valence-corrected chi connectivity index (χ4v) is 4.57. The summed E-state index contributed by atoms with van der Waals surface area (Å²) in [5.74, 6) is -1.01. The summed E-state index contributed by atoms with van der Waals surface area (Å²) in [4.78, 5) is 25.8. The summed E-state index contributed by atoms with van der Waals surface area (Å²) in [5, 5.41) is 3.04. The monoisotopic (exact) mass is 469 g/mol. The minimum atomic E-state index is -0.684. The number of nitrogens with zero attached hydrogens (tertiary/aromatic N) is 4. The average molecular weight is 470 g/mol. The number of nitrogens with one attached hydrogen (secondary N) is 1. The van der Waals surface area contributed by atoms with E-state index in [2.05, 4.69) is 57.1 Å². The van der Waals surface area contributed by atoms with Crippen molar-refractivity contribution in [3.05, 3.63) is 71.6 Å². The number of carbonyl (C=O) groups is 1. The number of amides is 1. The second-order valence-electron chi connectivity index (χ2n) is 7.84. The molecule has 0 atom stereocenters. The molecule has 0 saturated carbocycles. The van der Waals surface area contributed by atoms with Gasteiger partial charge in [-0.2, -0.15) is 0 Å². The number of piperazine rings is 1. The zero-order valence-electron chi connectivity index (χ0n) is 18.5. The predicted molar refractivity (Wildman–Crippen MR) is 128 cm³/mol. The molecule has 0 spiro atoms. The van der Waals surface area contributed by atoms with Crippen LogP contribution in [0.15, 0.2) is 53.8 Å². The van der Waals surface area contributed by atoms with Gasteiger partial charge in [-0.15, -0.1) is 0 Å². The molecule has 0 radical (unpaired) electrons. The molecule has 1 aromatic heterocycles. The van der Waals surface area contributed by atoms with Gasteiger partial charge in [-0.1, -0.05) is 23.9 Å². The number of halogens is 2. The Morgan fingerprint density at radius 1 is 1.03 bits per heavy atom. The smallest absolute Gasteiger partial charge is 0.234 e. The highest BCUT2D eigenvalue weighted by Gasteiger charge is 2.22. The van der Waals surface area contributed by atoms with Crippen molar-refractivity contribution < 1.29 is 13.6 Å². The summed E-state index contributed by atoms with van der Waals surface area (Å²) in [5.41, 5.74) is 3.65. The van der Waals surface area contributed by atoms with Crippen LogP contribution < -0.4 is 15.1 Å². The zero-order valence-corrected chi connectivity index (χ0v) is 19.3. The Labute approximate surface area is 196 Å². The SMILES string of the molecule is Cc1cccc(N2CCN(c3nccnc3SCC(=O)Nc3cc(F)ccc3F)CC2)c1C.